The van der Waals surface area contributed by atoms with Crippen molar-refractivity contribution in [3.8, 4) is 0 Å². The molecule has 21 heavy (non-hydrogen) atoms. The molecule has 4 N–H and O–H groups in total. The number of nitrogens with one attached hydrogen (secondary N) is 2. The number of aryl methyl sites for hydroxylation is 2. The van der Waals surface area contributed by atoms with Gasteiger partial charge in [0.25, 0.3) is 0 Å². The van der Waals surface area contributed by atoms with E-state index in [0.717, 1.165) is 15.6 Å². The van der Waals surface area contributed by atoms with Gasteiger partial charge in [0.1, 0.15) is 0 Å². The Morgan fingerprint density at radius 1 is 1.19 bits per heavy atom. The highest BCUT2D eigenvalue weighted by molar-refractivity contribution is 9.10. The molecule has 2 aromatic rings. The molecule has 0 heterocycles. The minimum absolute atomic E-state index is 0.383. The Balaban J connectivity index is 2.13. The topological polar surface area (TPSA) is 67.1 Å². The average molecular weight is 369 g/mol. The fourth-order valence-electron chi connectivity index (χ4n) is 1.85. The first-order valence-corrected chi connectivity index (χ1v) is 7.43. The van der Waals surface area contributed by atoms with Gasteiger partial charge in [-0.3, -0.25) is 0 Å². The van der Waals surface area contributed by atoms with Crippen molar-refractivity contribution in [1.82, 2.24) is 0 Å². The molecule has 0 aliphatic heterocycles. The molecule has 0 fully saturated rings. The Hall–Kier alpha value is -1.72. The van der Waals surface area contributed by atoms with E-state index in [2.05, 4.69) is 26.6 Å². The van der Waals surface area contributed by atoms with E-state index in [4.69, 9.17) is 17.3 Å². The second kappa shape index (κ2) is 6.37. The van der Waals surface area contributed by atoms with Crippen molar-refractivity contribution in [1.29, 1.82) is 0 Å². The van der Waals surface area contributed by atoms with E-state index in [1.54, 1.807) is 18.2 Å². The molecule has 2 amide bonds. The zero-order chi connectivity index (χ0) is 15.6. The molecule has 2 rings (SSSR count). The zero-order valence-corrected chi connectivity index (χ0v) is 14.0. The number of hydrogen-bond acceptors (Lipinski definition) is 2. The highest BCUT2D eigenvalue weighted by Gasteiger charge is 2.10. The van der Waals surface area contributed by atoms with Crippen LogP contribution < -0.4 is 16.4 Å². The number of nitrogens with two attached hydrogens (primary N) is 1. The Bertz CT molecular complexity index is 680. The van der Waals surface area contributed by atoms with Crippen LogP contribution in [0.15, 0.2) is 34.8 Å². The van der Waals surface area contributed by atoms with Crippen LogP contribution in [-0.2, 0) is 0 Å². The second-order valence-corrected chi connectivity index (χ2v) is 6.02. The van der Waals surface area contributed by atoms with Gasteiger partial charge in [0.2, 0.25) is 0 Å². The molecule has 0 saturated carbocycles. The Morgan fingerprint density at radius 2 is 1.90 bits per heavy atom. The maximum absolute atomic E-state index is 12.0. The van der Waals surface area contributed by atoms with Crippen LogP contribution in [0.5, 0.6) is 0 Å². The molecule has 0 aromatic heterocycles. The van der Waals surface area contributed by atoms with Crippen LogP contribution in [0, 0.1) is 13.8 Å². The molecule has 0 aliphatic carbocycles. The highest BCUT2D eigenvalue weighted by Crippen LogP contribution is 2.30. The number of carbonyl (C=O) groups is 1. The van der Waals surface area contributed by atoms with Crippen LogP contribution in [0.1, 0.15) is 11.1 Å². The molecule has 4 nitrogen and oxygen atoms in total. The normalized spacial score (nSPS) is 10.3. The number of anilines is 3. The van der Waals surface area contributed by atoms with Crippen molar-refractivity contribution < 1.29 is 4.79 Å². The minimum atomic E-state index is -0.383. The lowest BCUT2D eigenvalue weighted by molar-refractivity contribution is 0.262. The highest BCUT2D eigenvalue weighted by atomic mass is 79.9. The third-order valence-electron chi connectivity index (χ3n) is 2.93. The first-order valence-electron chi connectivity index (χ1n) is 6.26. The van der Waals surface area contributed by atoms with Crippen LogP contribution in [0.25, 0.3) is 0 Å². The molecular formula is C15H15BrClN3O. The van der Waals surface area contributed by atoms with Gasteiger partial charge in [-0.15, -0.1) is 0 Å². The lowest BCUT2D eigenvalue weighted by atomic mass is 10.2. The van der Waals surface area contributed by atoms with Crippen LogP contribution in [0.2, 0.25) is 5.02 Å². The summed E-state index contributed by atoms with van der Waals surface area (Å²) in [6.45, 7) is 3.83. The van der Waals surface area contributed by atoms with E-state index in [0.29, 0.717) is 22.1 Å². The van der Waals surface area contributed by atoms with Crippen molar-refractivity contribution >= 4 is 50.6 Å². The minimum Gasteiger partial charge on any atom is -0.397 e. The van der Waals surface area contributed by atoms with Gasteiger partial charge in [-0.25, -0.2) is 4.79 Å². The summed E-state index contributed by atoms with van der Waals surface area (Å²) in [6.07, 6.45) is 0. The third-order valence-corrected chi connectivity index (χ3v) is 3.97. The lowest BCUT2D eigenvalue weighted by Gasteiger charge is -2.13. The summed E-state index contributed by atoms with van der Waals surface area (Å²) in [7, 11) is 0. The number of nitrogen functional groups attached to an aromatic ring is 1. The number of carbonyl (C=O) groups excluding carboxylic acids is 1. The first kappa shape index (κ1) is 15.7. The Labute approximate surface area is 136 Å². The summed E-state index contributed by atoms with van der Waals surface area (Å²) in [4.78, 5) is 12.0. The van der Waals surface area contributed by atoms with Crippen molar-refractivity contribution in [3.63, 3.8) is 0 Å². The van der Waals surface area contributed by atoms with E-state index in [-0.39, 0.29) is 6.03 Å². The molecule has 2 aromatic carbocycles. The van der Waals surface area contributed by atoms with E-state index in [1.807, 2.05) is 26.0 Å². The molecule has 0 unspecified atom stereocenters. The van der Waals surface area contributed by atoms with Gasteiger partial charge in [-0.1, -0.05) is 17.7 Å². The number of benzene rings is 2. The molecule has 6 heteroatoms. The van der Waals surface area contributed by atoms with Gasteiger partial charge in [-0.05, 0) is 65.2 Å². The predicted molar refractivity (Wildman–Crippen MR) is 92.1 cm³/mol. The largest absolute Gasteiger partial charge is 0.397 e. The molecule has 0 saturated heterocycles. The molecule has 110 valence electrons. The van der Waals surface area contributed by atoms with Crippen molar-refractivity contribution in [3.05, 3.63) is 51.0 Å². The third kappa shape index (κ3) is 3.89. The monoisotopic (exact) mass is 367 g/mol. The number of halogens is 2. The van der Waals surface area contributed by atoms with Crippen LogP contribution in [-0.4, -0.2) is 6.03 Å². The summed E-state index contributed by atoms with van der Waals surface area (Å²) >= 11 is 9.42. The maximum atomic E-state index is 12.0. The second-order valence-electron chi connectivity index (χ2n) is 4.75. The SMILES string of the molecule is Cc1cc(N)c(NC(=O)Nc2ccc(C)c(Cl)c2)c(Br)c1. The number of amides is 2. The van der Waals surface area contributed by atoms with Crippen molar-refractivity contribution in [2.75, 3.05) is 16.4 Å². The number of hydrogen-bond donors (Lipinski definition) is 3. The zero-order valence-electron chi connectivity index (χ0n) is 11.6. The van der Waals surface area contributed by atoms with Gasteiger partial charge in [0, 0.05) is 15.2 Å². The first-order chi connectivity index (χ1) is 9.86. The Kier molecular flexibility index (Phi) is 4.75. The van der Waals surface area contributed by atoms with E-state index in [1.165, 1.54) is 0 Å². The fraction of sp³-hybridized carbons (Fsp3) is 0.133. The van der Waals surface area contributed by atoms with E-state index < -0.39 is 0 Å². The summed E-state index contributed by atoms with van der Waals surface area (Å²) in [6, 6.07) is 8.62. The van der Waals surface area contributed by atoms with Gasteiger partial charge in [-0.2, -0.15) is 0 Å². The summed E-state index contributed by atoms with van der Waals surface area (Å²) in [5, 5.41) is 6.04. The maximum Gasteiger partial charge on any atom is 0.323 e. The smallest absolute Gasteiger partial charge is 0.323 e. The summed E-state index contributed by atoms with van der Waals surface area (Å²) in [5.41, 5.74) is 9.53. The Morgan fingerprint density at radius 3 is 2.52 bits per heavy atom. The summed E-state index contributed by atoms with van der Waals surface area (Å²) < 4.78 is 0.733. The van der Waals surface area contributed by atoms with Crippen LogP contribution in [0.3, 0.4) is 0 Å². The van der Waals surface area contributed by atoms with E-state index in [9.17, 15) is 4.79 Å². The molecule has 0 spiro atoms. The lowest BCUT2D eigenvalue weighted by Crippen LogP contribution is -2.20. The number of rotatable bonds is 2. The number of urea groups is 1. The quantitative estimate of drug-likeness (QED) is 0.657. The van der Waals surface area contributed by atoms with Gasteiger partial charge < -0.3 is 16.4 Å². The fourth-order valence-corrected chi connectivity index (χ4v) is 2.72. The molecule has 0 radical (unpaired) electrons. The molecular weight excluding hydrogens is 354 g/mol. The predicted octanol–water partition coefficient (Wildman–Crippen LogP) is 4.95. The van der Waals surface area contributed by atoms with Crippen LogP contribution in [0.4, 0.5) is 21.9 Å². The summed E-state index contributed by atoms with van der Waals surface area (Å²) in [5.74, 6) is 0. The average Bonchev–Trinajstić information content (AvgIpc) is 2.38. The molecule has 0 atom stereocenters. The van der Waals surface area contributed by atoms with Crippen LogP contribution >= 0.6 is 27.5 Å². The van der Waals surface area contributed by atoms with E-state index >= 15 is 0 Å². The standard InChI is InChI=1S/C15H15BrClN3O/c1-8-5-11(16)14(13(18)6-8)20-15(21)19-10-4-3-9(2)12(17)7-10/h3-7H,18H2,1-2H3,(H2,19,20,21). The van der Waals surface area contributed by atoms with Crippen molar-refractivity contribution in [2.24, 2.45) is 0 Å². The molecule has 0 aliphatic rings. The van der Waals surface area contributed by atoms with Gasteiger partial charge in [0.05, 0.1) is 11.4 Å². The van der Waals surface area contributed by atoms with Gasteiger partial charge >= 0.3 is 6.03 Å². The van der Waals surface area contributed by atoms with Gasteiger partial charge in [0.15, 0.2) is 0 Å². The molecule has 0 bridgehead atoms. The van der Waals surface area contributed by atoms with Crippen molar-refractivity contribution in [2.45, 2.75) is 13.8 Å².